The molecule has 2 aromatic rings. The van der Waals surface area contributed by atoms with Crippen LogP contribution in [0.3, 0.4) is 0 Å². The lowest BCUT2D eigenvalue weighted by atomic mass is 9.90. The van der Waals surface area contributed by atoms with Crippen molar-refractivity contribution in [1.82, 2.24) is 0 Å². The van der Waals surface area contributed by atoms with E-state index in [2.05, 4.69) is 11.4 Å². The molecule has 0 saturated carbocycles. The van der Waals surface area contributed by atoms with Crippen LogP contribution in [0.25, 0.3) is 0 Å². The zero-order valence-electron chi connectivity index (χ0n) is 11.5. The van der Waals surface area contributed by atoms with Crippen LogP contribution in [0.4, 0.5) is 10.1 Å². The number of benzene rings is 2. The predicted octanol–water partition coefficient (Wildman–Crippen LogP) is 3.66. The van der Waals surface area contributed by atoms with Crippen LogP contribution in [-0.2, 0) is 12.8 Å². The molecule has 0 atom stereocenters. The Hall–Kier alpha value is -2.36. The first-order valence-corrected chi connectivity index (χ1v) is 7.06. The fourth-order valence-corrected chi connectivity index (χ4v) is 2.82. The van der Waals surface area contributed by atoms with E-state index in [4.69, 9.17) is 0 Å². The van der Waals surface area contributed by atoms with E-state index in [1.807, 2.05) is 12.1 Å². The average molecular weight is 285 g/mol. The molecule has 0 bridgehead atoms. The number of hydrogen-bond donors (Lipinski definition) is 2. The van der Waals surface area contributed by atoms with Gasteiger partial charge in [-0.25, -0.2) is 4.39 Å². The summed E-state index contributed by atoms with van der Waals surface area (Å²) in [7, 11) is 0. The van der Waals surface area contributed by atoms with Crippen molar-refractivity contribution in [2.24, 2.45) is 0 Å². The van der Waals surface area contributed by atoms with Gasteiger partial charge in [-0.15, -0.1) is 0 Å². The Morgan fingerprint density at radius 3 is 2.67 bits per heavy atom. The summed E-state index contributed by atoms with van der Waals surface area (Å²) in [6, 6.07) is 9.60. The van der Waals surface area contributed by atoms with Gasteiger partial charge in [-0.2, -0.15) is 0 Å². The molecule has 2 aromatic carbocycles. The SMILES string of the molecule is O=C(Nc1cccc2c1CCCC2)c1c(O)cccc1F. The second kappa shape index (κ2) is 5.56. The van der Waals surface area contributed by atoms with Gasteiger partial charge in [-0.1, -0.05) is 18.2 Å². The van der Waals surface area contributed by atoms with Crippen molar-refractivity contribution in [2.75, 3.05) is 5.32 Å². The maximum absolute atomic E-state index is 13.7. The summed E-state index contributed by atoms with van der Waals surface area (Å²) < 4.78 is 13.7. The maximum Gasteiger partial charge on any atom is 0.262 e. The molecule has 3 nitrogen and oxygen atoms in total. The minimum atomic E-state index is -0.725. The summed E-state index contributed by atoms with van der Waals surface area (Å²) in [5.74, 6) is -1.70. The van der Waals surface area contributed by atoms with Crippen molar-refractivity contribution in [3.8, 4) is 5.75 Å². The Morgan fingerprint density at radius 2 is 1.86 bits per heavy atom. The number of rotatable bonds is 2. The molecule has 0 saturated heterocycles. The minimum Gasteiger partial charge on any atom is -0.507 e. The maximum atomic E-state index is 13.7. The standard InChI is InChI=1S/C17H16FNO2/c18-13-8-4-10-15(20)16(13)17(21)19-14-9-3-6-11-5-1-2-7-12(11)14/h3-4,6,8-10,20H,1-2,5,7H2,(H,19,21). The van der Waals surface area contributed by atoms with E-state index < -0.39 is 11.7 Å². The van der Waals surface area contributed by atoms with Crippen molar-refractivity contribution in [3.05, 3.63) is 58.9 Å². The van der Waals surface area contributed by atoms with E-state index in [0.717, 1.165) is 37.3 Å². The number of hydrogen-bond acceptors (Lipinski definition) is 2. The number of carbonyl (C=O) groups excluding carboxylic acids is 1. The van der Waals surface area contributed by atoms with Gasteiger partial charge in [0.15, 0.2) is 0 Å². The highest BCUT2D eigenvalue weighted by molar-refractivity contribution is 6.06. The monoisotopic (exact) mass is 285 g/mol. The van der Waals surface area contributed by atoms with Gasteiger partial charge in [0.05, 0.1) is 0 Å². The molecule has 1 aliphatic rings. The van der Waals surface area contributed by atoms with E-state index >= 15 is 0 Å². The summed E-state index contributed by atoms with van der Waals surface area (Å²) in [6.07, 6.45) is 4.16. The van der Waals surface area contributed by atoms with E-state index in [1.165, 1.54) is 17.7 Å². The molecule has 2 N–H and O–H groups in total. The second-order valence-electron chi connectivity index (χ2n) is 5.24. The first-order chi connectivity index (χ1) is 10.2. The average Bonchev–Trinajstić information content (AvgIpc) is 2.47. The van der Waals surface area contributed by atoms with Gasteiger partial charge in [0.1, 0.15) is 17.1 Å². The Morgan fingerprint density at radius 1 is 1.10 bits per heavy atom. The van der Waals surface area contributed by atoms with Gasteiger partial charge >= 0.3 is 0 Å². The highest BCUT2D eigenvalue weighted by Gasteiger charge is 2.19. The van der Waals surface area contributed by atoms with Crippen LogP contribution >= 0.6 is 0 Å². The summed E-state index contributed by atoms with van der Waals surface area (Å²) in [5.41, 5.74) is 2.75. The van der Waals surface area contributed by atoms with E-state index in [0.29, 0.717) is 5.69 Å². The molecule has 4 heteroatoms. The number of fused-ring (bicyclic) bond motifs is 1. The third-order valence-corrected chi connectivity index (χ3v) is 3.86. The molecular weight excluding hydrogens is 269 g/mol. The Balaban J connectivity index is 1.92. The molecule has 21 heavy (non-hydrogen) atoms. The molecule has 0 unspecified atom stereocenters. The van der Waals surface area contributed by atoms with Crippen molar-refractivity contribution in [1.29, 1.82) is 0 Å². The normalized spacial score (nSPS) is 13.6. The Bertz CT molecular complexity index is 677. The lowest BCUT2D eigenvalue weighted by Gasteiger charge is -2.19. The van der Waals surface area contributed by atoms with Crippen LogP contribution in [0.1, 0.15) is 34.3 Å². The molecule has 1 amide bonds. The van der Waals surface area contributed by atoms with Crippen molar-refractivity contribution in [3.63, 3.8) is 0 Å². The molecular formula is C17H16FNO2. The molecule has 108 valence electrons. The van der Waals surface area contributed by atoms with E-state index in [9.17, 15) is 14.3 Å². The highest BCUT2D eigenvalue weighted by atomic mass is 19.1. The zero-order valence-corrected chi connectivity index (χ0v) is 11.5. The van der Waals surface area contributed by atoms with E-state index in [-0.39, 0.29) is 11.3 Å². The fraction of sp³-hybridized carbons (Fsp3) is 0.235. The number of nitrogens with one attached hydrogen (secondary N) is 1. The Labute approximate surface area is 122 Å². The molecule has 0 fully saturated rings. The molecule has 0 aliphatic heterocycles. The zero-order chi connectivity index (χ0) is 14.8. The summed E-state index contributed by atoms with van der Waals surface area (Å²) in [4.78, 5) is 12.2. The van der Waals surface area contributed by atoms with Gasteiger partial charge < -0.3 is 10.4 Å². The number of carbonyl (C=O) groups is 1. The van der Waals surface area contributed by atoms with Crippen molar-refractivity contribution >= 4 is 11.6 Å². The van der Waals surface area contributed by atoms with Gasteiger partial charge in [0, 0.05) is 5.69 Å². The lowest BCUT2D eigenvalue weighted by molar-refractivity contribution is 0.102. The van der Waals surface area contributed by atoms with Gasteiger partial charge in [-0.3, -0.25) is 4.79 Å². The minimum absolute atomic E-state index is 0.314. The molecule has 1 aliphatic carbocycles. The number of aromatic hydroxyl groups is 1. The first-order valence-electron chi connectivity index (χ1n) is 7.06. The van der Waals surface area contributed by atoms with Crippen LogP contribution in [-0.4, -0.2) is 11.0 Å². The van der Waals surface area contributed by atoms with Crippen molar-refractivity contribution < 1.29 is 14.3 Å². The quantitative estimate of drug-likeness (QED) is 0.884. The number of amides is 1. The van der Waals surface area contributed by atoms with Crippen LogP contribution in [0.2, 0.25) is 0 Å². The number of phenolic OH excluding ortho intramolecular Hbond substituents is 1. The van der Waals surface area contributed by atoms with Crippen molar-refractivity contribution in [2.45, 2.75) is 25.7 Å². The van der Waals surface area contributed by atoms with Crippen LogP contribution in [0, 0.1) is 5.82 Å². The third kappa shape index (κ3) is 2.61. The highest BCUT2D eigenvalue weighted by Crippen LogP contribution is 2.29. The van der Waals surface area contributed by atoms with Gasteiger partial charge in [-0.05, 0) is 55.0 Å². The van der Waals surface area contributed by atoms with Crippen LogP contribution in [0.15, 0.2) is 36.4 Å². The molecule has 0 heterocycles. The predicted molar refractivity (Wildman–Crippen MR) is 79.1 cm³/mol. The fourth-order valence-electron chi connectivity index (χ4n) is 2.82. The largest absolute Gasteiger partial charge is 0.507 e. The van der Waals surface area contributed by atoms with E-state index in [1.54, 1.807) is 0 Å². The van der Waals surface area contributed by atoms with Crippen LogP contribution < -0.4 is 5.32 Å². The topological polar surface area (TPSA) is 49.3 Å². The molecule has 0 aromatic heterocycles. The number of phenols is 1. The molecule has 0 spiro atoms. The number of anilines is 1. The summed E-state index contributed by atoms with van der Waals surface area (Å²) in [6.45, 7) is 0. The van der Waals surface area contributed by atoms with Gasteiger partial charge in [0.25, 0.3) is 5.91 Å². The molecule has 3 rings (SSSR count). The number of aryl methyl sites for hydroxylation is 1. The summed E-state index contributed by atoms with van der Waals surface area (Å²) >= 11 is 0. The van der Waals surface area contributed by atoms with Crippen LogP contribution in [0.5, 0.6) is 5.75 Å². The summed E-state index contributed by atoms with van der Waals surface area (Å²) in [5, 5.41) is 12.4. The third-order valence-electron chi connectivity index (χ3n) is 3.86. The smallest absolute Gasteiger partial charge is 0.262 e. The number of halogens is 1. The van der Waals surface area contributed by atoms with Gasteiger partial charge in [0.2, 0.25) is 0 Å². The Kier molecular flexibility index (Phi) is 3.60. The second-order valence-corrected chi connectivity index (χ2v) is 5.24. The first kappa shape index (κ1) is 13.6. The molecule has 0 radical (unpaired) electrons. The lowest BCUT2D eigenvalue weighted by Crippen LogP contribution is -2.16.